The van der Waals surface area contributed by atoms with Gasteiger partial charge in [0.2, 0.25) is 10.0 Å². The van der Waals surface area contributed by atoms with E-state index >= 15 is 0 Å². The summed E-state index contributed by atoms with van der Waals surface area (Å²) in [5.41, 5.74) is -0.555. The molecular weight excluding hydrogens is 426 g/mol. The van der Waals surface area contributed by atoms with Crippen LogP contribution in [0.15, 0.2) is 53.6 Å². The summed E-state index contributed by atoms with van der Waals surface area (Å²) in [7, 11) is -3.93. The second kappa shape index (κ2) is 6.83. The van der Waals surface area contributed by atoms with Crippen LogP contribution in [0.4, 0.5) is 13.2 Å². The summed E-state index contributed by atoms with van der Waals surface area (Å²) in [5, 5.41) is 5.43. The van der Waals surface area contributed by atoms with Gasteiger partial charge in [-0.2, -0.15) is 13.2 Å². The molecule has 0 fully saturated rings. The van der Waals surface area contributed by atoms with Crippen molar-refractivity contribution >= 4 is 33.2 Å². The van der Waals surface area contributed by atoms with Crippen LogP contribution in [0.3, 0.4) is 0 Å². The Morgan fingerprint density at radius 2 is 1.63 bits per heavy atom. The number of hydrogen-bond donors (Lipinski definition) is 1. The smallest absolute Gasteiger partial charge is 0.299 e. The number of hydrogen-bond acceptors (Lipinski definition) is 3. The Balaban J connectivity index is 2.19. The molecule has 0 bridgehead atoms. The highest BCUT2D eigenvalue weighted by molar-refractivity contribution is 7.89. The Bertz CT molecular complexity index is 1110. The molecule has 11 heteroatoms. The monoisotopic (exact) mass is 435 g/mol. The number of benzene rings is 2. The number of sulfonamides is 1. The van der Waals surface area contributed by atoms with E-state index in [4.69, 9.17) is 28.3 Å². The molecule has 0 spiro atoms. The lowest BCUT2D eigenvalue weighted by Crippen LogP contribution is -2.12. The molecule has 142 valence electrons. The van der Waals surface area contributed by atoms with E-state index in [1.807, 2.05) is 0 Å². The highest BCUT2D eigenvalue weighted by Gasteiger charge is 2.35. The fourth-order valence-corrected chi connectivity index (χ4v) is 3.16. The van der Waals surface area contributed by atoms with Crippen LogP contribution in [0, 0.1) is 0 Å². The molecule has 2 N–H and O–H groups in total. The first-order valence-electron chi connectivity index (χ1n) is 7.22. The van der Waals surface area contributed by atoms with Gasteiger partial charge in [-0.3, -0.25) is 4.57 Å². The molecule has 0 radical (unpaired) electrons. The van der Waals surface area contributed by atoms with E-state index < -0.39 is 21.9 Å². The lowest BCUT2D eigenvalue weighted by atomic mass is 10.2. The predicted molar refractivity (Wildman–Crippen MR) is 95.4 cm³/mol. The summed E-state index contributed by atoms with van der Waals surface area (Å²) in [6.45, 7) is 0. The zero-order valence-electron chi connectivity index (χ0n) is 13.2. The molecule has 0 amide bonds. The minimum Gasteiger partial charge on any atom is -0.299 e. The summed E-state index contributed by atoms with van der Waals surface area (Å²) < 4.78 is 63.4. The van der Waals surface area contributed by atoms with E-state index in [0.29, 0.717) is 5.56 Å². The molecule has 0 saturated carbocycles. The summed E-state index contributed by atoms with van der Waals surface area (Å²) in [6, 6.07) is 9.33. The van der Waals surface area contributed by atoms with E-state index in [-0.39, 0.29) is 26.5 Å². The van der Waals surface area contributed by atoms with Crippen molar-refractivity contribution in [1.82, 2.24) is 9.55 Å². The standard InChI is InChI=1S/C16H10Cl2F3N3O2S/c17-12-6-1-9(7-13(12)18)15-23-14(16(19,20)21)8-24(15)10-2-4-11(5-3-10)27(22,25)26/h1-8H,(H2,22,25,26). The lowest BCUT2D eigenvalue weighted by Gasteiger charge is -2.09. The van der Waals surface area contributed by atoms with Gasteiger partial charge < -0.3 is 0 Å². The SMILES string of the molecule is NS(=O)(=O)c1ccc(-n2cc(C(F)(F)F)nc2-c2ccc(Cl)c(Cl)c2)cc1. The number of nitrogens with two attached hydrogens (primary N) is 1. The van der Waals surface area contributed by atoms with Gasteiger partial charge >= 0.3 is 6.18 Å². The number of primary sulfonamides is 1. The van der Waals surface area contributed by atoms with Crippen LogP contribution in [-0.2, 0) is 16.2 Å². The van der Waals surface area contributed by atoms with Crippen molar-refractivity contribution in [3.63, 3.8) is 0 Å². The molecule has 2 aromatic carbocycles. The zero-order chi connectivity index (χ0) is 20.0. The Labute approximate surface area is 162 Å². The molecule has 3 rings (SSSR count). The van der Waals surface area contributed by atoms with Gasteiger partial charge in [-0.1, -0.05) is 23.2 Å². The van der Waals surface area contributed by atoms with Crippen LogP contribution in [0.2, 0.25) is 10.0 Å². The maximum absolute atomic E-state index is 13.2. The number of imidazole rings is 1. The normalized spacial score (nSPS) is 12.4. The fourth-order valence-electron chi connectivity index (χ4n) is 2.35. The van der Waals surface area contributed by atoms with Gasteiger partial charge in [0.15, 0.2) is 5.69 Å². The van der Waals surface area contributed by atoms with E-state index in [9.17, 15) is 21.6 Å². The van der Waals surface area contributed by atoms with E-state index in [1.54, 1.807) is 0 Å². The maximum atomic E-state index is 13.2. The molecule has 0 unspecified atom stereocenters. The highest BCUT2D eigenvalue weighted by Crippen LogP contribution is 2.34. The molecule has 27 heavy (non-hydrogen) atoms. The first-order chi connectivity index (χ1) is 12.5. The van der Waals surface area contributed by atoms with Crippen LogP contribution in [0.5, 0.6) is 0 Å². The van der Waals surface area contributed by atoms with E-state index in [2.05, 4.69) is 4.98 Å². The summed E-state index contributed by atoms with van der Waals surface area (Å²) in [6.07, 6.45) is -3.86. The average molecular weight is 436 g/mol. The largest absolute Gasteiger partial charge is 0.434 e. The molecular formula is C16H10Cl2F3N3O2S. The van der Waals surface area contributed by atoms with Crippen molar-refractivity contribution in [1.29, 1.82) is 0 Å². The van der Waals surface area contributed by atoms with Gasteiger partial charge in [-0.15, -0.1) is 0 Å². The average Bonchev–Trinajstić information content (AvgIpc) is 3.02. The zero-order valence-corrected chi connectivity index (χ0v) is 15.5. The molecule has 0 atom stereocenters. The molecule has 3 aromatic rings. The van der Waals surface area contributed by atoms with Crippen LogP contribution >= 0.6 is 23.2 Å². The second-order valence-electron chi connectivity index (χ2n) is 5.49. The first-order valence-corrected chi connectivity index (χ1v) is 9.52. The van der Waals surface area contributed by atoms with Crippen molar-refractivity contribution in [2.75, 3.05) is 0 Å². The molecule has 1 aromatic heterocycles. The highest BCUT2D eigenvalue weighted by atomic mass is 35.5. The van der Waals surface area contributed by atoms with Crippen molar-refractivity contribution in [2.24, 2.45) is 5.14 Å². The Morgan fingerprint density at radius 1 is 1.00 bits per heavy atom. The Morgan fingerprint density at radius 3 is 2.15 bits per heavy atom. The minimum atomic E-state index is -4.67. The second-order valence-corrected chi connectivity index (χ2v) is 7.86. The molecule has 1 heterocycles. The topological polar surface area (TPSA) is 78.0 Å². The molecule has 0 aliphatic carbocycles. The third kappa shape index (κ3) is 4.11. The summed E-state index contributed by atoms with van der Waals surface area (Å²) >= 11 is 11.8. The quantitative estimate of drug-likeness (QED) is 0.656. The molecule has 0 saturated heterocycles. The van der Waals surface area contributed by atoms with E-state index in [1.165, 1.54) is 47.0 Å². The van der Waals surface area contributed by atoms with Crippen molar-refractivity contribution in [2.45, 2.75) is 11.1 Å². The van der Waals surface area contributed by atoms with Gasteiger partial charge in [0.1, 0.15) is 5.82 Å². The van der Waals surface area contributed by atoms with Gasteiger partial charge in [-0.05, 0) is 42.5 Å². The number of rotatable bonds is 3. The third-order valence-electron chi connectivity index (χ3n) is 3.62. The van der Waals surface area contributed by atoms with Crippen LogP contribution < -0.4 is 5.14 Å². The van der Waals surface area contributed by atoms with Crippen molar-refractivity contribution in [3.8, 4) is 17.1 Å². The van der Waals surface area contributed by atoms with Gasteiger partial charge in [0.05, 0.1) is 14.9 Å². The van der Waals surface area contributed by atoms with Crippen LogP contribution in [0.25, 0.3) is 17.1 Å². The van der Waals surface area contributed by atoms with Gasteiger partial charge in [-0.25, -0.2) is 18.5 Å². The van der Waals surface area contributed by atoms with Crippen molar-refractivity contribution < 1.29 is 21.6 Å². The molecule has 5 nitrogen and oxygen atoms in total. The van der Waals surface area contributed by atoms with Crippen LogP contribution in [0.1, 0.15) is 5.69 Å². The van der Waals surface area contributed by atoms with Crippen LogP contribution in [-0.4, -0.2) is 18.0 Å². The minimum absolute atomic E-state index is 0.0377. The molecule has 0 aliphatic rings. The van der Waals surface area contributed by atoms with Gasteiger partial charge in [0, 0.05) is 17.4 Å². The van der Waals surface area contributed by atoms with Crippen molar-refractivity contribution in [3.05, 3.63) is 64.4 Å². The fraction of sp³-hybridized carbons (Fsp3) is 0.0625. The lowest BCUT2D eigenvalue weighted by molar-refractivity contribution is -0.140. The predicted octanol–water partition coefficient (Wildman–Crippen LogP) is 4.51. The summed E-state index contributed by atoms with van der Waals surface area (Å²) in [4.78, 5) is 3.50. The molecule has 0 aliphatic heterocycles. The number of nitrogens with zero attached hydrogens (tertiary/aromatic N) is 2. The Hall–Kier alpha value is -2.07. The van der Waals surface area contributed by atoms with Gasteiger partial charge in [0.25, 0.3) is 0 Å². The number of aromatic nitrogens is 2. The Kier molecular flexibility index (Phi) is 4.98. The first kappa shape index (κ1) is 19.7. The number of halogens is 5. The number of alkyl halides is 3. The maximum Gasteiger partial charge on any atom is 0.434 e. The van der Waals surface area contributed by atoms with E-state index in [0.717, 1.165) is 6.20 Å². The third-order valence-corrected chi connectivity index (χ3v) is 5.29. The summed E-state index contributed by atoms with van der Waals surface area (Å²) in [5.74, 6) is -0.0377.